The molecule has 0 radical (unpaired) electrons. The van der Waals surface area contributed by atoms with E-state index in [0.29, 0.717) is 11.8 Å². The first-order chi connectivity index (χ1) is 11.7. The van der Waals surface area contributed by atoms with Gasteiger partial charge in [-0.2, -0.15) is 5.06 Å². The van der Waals surface area contributed by atoms with Gasteiger partial charge in [0.1, 0.15) is 5.41 Å². The Hall–Kier alpha value is -1.72. The van der Waals surface area contributed by atoms with Crippen molar-refractivity contribution in [2.75, 3.05) is 18.8 Å². The first-order valence-corrected chi connectivity index (χ1v) is 8.87. The summed E-state index contributed by atoms with van der Waals surface area (Å²) in [6.45, 7) is 2.90. The fourth-order valence-electron chi connectivity index (χ4n) is 5.46. The number of hydrogen-bond donors (Lipinski definition) is 0. The van der Waals surface area contributed by atoms with Gasteiger partial charge in [0.15, 0.2) is 0 Å². The van der Waals surface area contributed by atoms with Crippen molar-refractivity contribution in [2.24, 2.45) is 16.8 Å². The molecule has 5 heteroatoms. The van der Waals surface area contributed by atoms with E-state index < -0.39 is 5.41 Å². The van der Waals surface area contributed by atoms with E-state index in [4.69, 9.17) is 14.6 Å². The van der Waals surface area contributed by atoms with Gasteiger partial charge in [0.05, 0.1) is 31.5 Å². The van der Waals surface area contributed by atoms with E-state index in [9.17, 15) is 4.79 Å². The van der Waals surface area contributed by atoms with Crippen molar-refractivity contribution in [3.8, 4) is 0 Å². The van der Waals surface area contributed by atoms with Gasteiger partial charge < -0.3 is 4.74 Å². The number of ether oxygens (including phenoxy) is 1. The van der Waals surface area contributed by atoms with Crippen LogP contribution in [-0.4, -0.2) is 37.5 Å². The number of para-hydroxylation sites is 1. The highest BCUT2D eigenvalue weighted by molar-refractivity contribution is 6.07. The summed E-state index contributed by atoms with van der Waals surface area (Å²) in [7, 11) is 1.56. The van der Waals surface area contributed by atoms with E-state index in [0.717, 1.165) is 37.1 Å². The molecule has 1 amide bonds. The van der Waals surface area contributed by atoms with Crippen LogP contribution in [-0.2, 0) is 19.8 Å². The van der Waals surface area contributed by atoms with Crippen LogP contribution >= 0.6 is 0 Å². The molecule has 1 saturated carbocycles. The zero-order valence-electron chi connectivity index (χ0n) is 14.1. The lowest BCUT2D eigenvalue weighted by molar-refractivity contribution is -0.137. The highest BCUT2D eigenvalue weighted by Gasteiger charge is 2.64. The molecule has 126 valence electrons. The quantitative estimate of drug-likeness (QED) is 0.839. The van der Waals surface area contributed by atoms with E-state index in [1.807, 2.05) is 18.2 Å². The minimum absolute atomic E-state index is 0.0117. The summed E-state index contributed by atoms with van der Waals surface area (Å²) in [5.41, 5.74) is 2.58. The number of carbonyl (C=O) groups is 1. The predicted octanol–water partition coefficient (Wildman–Crippen LogP) is 2.49. The lowest BCUT2D eigenvalue weighted by atomic mass is 9.71. The average molecular weight is 326 g/mol. The third-order valence-electron chi connectivity index (χ3n) is 6.52. The van der Waals surface area contributed by atoms with Crippen LogP contribution in [0.1, 0.15) is 31.7 Å². The Labute approximate surface area is 141 Å². The molecule has 3 fully saturated rings. The first kappa shape index (κ1) is 14.6. The van der Waals surface area contributed by atoms with Crippen LogP contribution in [0.2, 0.25) is 0 Å². The second-order valence-electron chi connectivity index (χ2n) is 7.34. The molecule has 1 spiro atoms. The van der Waals surface area contributed by atoms with Crippen molar-refractivity contribution in [2.45, 2.75) is 43.7 Å². The molecular weight excluding hydrogens is 304 g/mol. The fourth-order valence-corrected chi connectivity index (χ4v) is 5.46. The summed E-state index contributed by atoms with van der Waals surface area (Å²) in [5.74, 6) is 0.930. The number of rotatable bonds is 2. The van der Waals surface area contributed by atoms with Crippen molar-refractivity contribution >= 4 is 17.3 Å². The van der Waals surface area contributed by atoms with Gasteiger partial charge >= 0.3 is 0 Å². The molecule has 1 aromatic rings. The van der Waals surface area contributed by atoms with Gasteiger partial charge in [-0.05, 0) is 30.9 Å². The van der Waals surface area contributed by atoms with Gasteiger partial charge in [0.2, 0.25) is 0 Å². The molecule has 4 aliphatic heterocycles. The topological polar surface area (TPSA) is 51.1 Å². The molecule has 1 aliphatic carbocycles. The second-order valence-corrected chi connectivity index (χ2v) is 7.34. The fraction of sp³-hybridized carbons (Fsp3) is 0.579. The standard InChI is InChI=1S/C19H22N2O3/c1-3-14-11-8-17-19(9-15(20-14)12(11)10-24-17)13-6-4-5-7-16(13)21(23-2)18(19)22/h4-7,11-12,15,17H,3,8-10H2,1-2H3/t11-,12-,15+,17-,19+/m1/s1. The van der Waals surface area contributed by atoms with Crippen molar-refractivity contribution in [3.05, 3.63) is 29.8 Å². The zero-order valence-corrected chi connectivity index (χ0v) is 14.1. The Morgan fingerprint density at radius 1 is 1.42 bits per heavy atom. The average Bonchev–Trinajstić information content (AvgIpc) is 2.96. The number of fused-ring (bicyclic) bond motifs is 2. The number of benzene rings is 1. The number of anilines is 1. The van der Waals surface area contributed by atoms with Crippen LogP contribution in [0.5, 0.6) is 0 Å². The van der Waals surface area contributed by atoms with Crippen LogP contribution in [0.4, 0.5) is 5.69 Å². The largest absolute Gasteiger partial charge is 0.376 e. The Morgan fingerprint density at radius 3 is 3.04 bits per heavy atom. The number of carbonyl (C=O) groups excluding carboxylic acids is 1. The van der Waals surface area contributed by atoms with Crippen molar-refractivity contribution in [3.63, 3.8) is 0 Å². The van der Waals surface area contributed by atoms with Gasteiger partial charge in [0.25, 0.3) is 5.91 Å². The molecular formula is C19H22N2O3. The third kappa shape index (κ3) is 1.57. The maximum atomic E-state index is 13.4. The molecule has 0 unspecified atom stereocenters. The number of nitrogens with zero attached hydrogens (tertiary/aromatic N) is 2. The summed E-state index contributed by atoms with van der Waals surface area (Å²) >= 11 is 0. The van der Waals surface area contributed by atoms with Crippen molar-refractivity contribution in [1.82, 2.24) is 0 Å². The summed E-state index contributed by atoms with van der Waals surface area (Å²) < 4.78 is 6.26. The molecule has 1 aromatic carbocycles. The van der Waals surface area contributed by atoms with E-state index in [1.165, 1.54) is 10.8 Å². The Balaban J connectivity index is 1.69. The van der Waals surface area contributed by atoms with Crippen LogP contribution in [0.25, 0.3) is 0 Å². The lowest BCUT2D eigenvalue weighted by Gasteiger charge is -2.38. The van der Waals surface area contributed by atoms with Gasteiger partial charge in [-0.1, -0.05) is 25.1 Å². The molecule has 0 N–H and O–H groups in total. The van der Waals surface area contributed by atoms with Crippen LogP contribution in [0, 0.1) is 11.8 Å². The van der Waals surface area contributed by atoms with Crippen molar-refractivity contribution < 1.29 is 14.4 Å². The van der Waals surface area contributed by atoms with E-state index in [2.05, 4.69) is 13.0 Å². The summed E-state index contributed by atoms with van der Waals surface area (Å²) in [6.07, 6.45) is 2.55. The van der Waals surface area contributed by atoms with Gasteiger partial charge in [-0.25, -0.2) is 0 Å². The summed E-state index contributed by atoms with van der Waals surface area (Å²) in [6, 6.07) is 8.16. The molecule has 0 aromatic heterocycles. The number of amides is 1. The van der Waals surface area contributed by atoms with Crippen LogP contribution < -0.4 is 5.06 Å². The minimum atomic E-state index is -0.649. The minimum Gasteiger partial charge on any atom is -0.376 e. The maximum absolute atomic E-state index is 13.4. The Morgan fingerprint density at radius 2 is 2.25 bits per heavy atom. The highest BCUT2D eigenvalue weighted by atomic mass is 16.7. The molecule has 4 heterocycles. The number of hydroxylamine groups is 1. The van der Waals surface area contributed by atoms with E-state index >= 15 is 0 Å². The third-order valence-corrected chi connectivity index (χ3v) is 6.52. The first-order valence-electron chi connectivity index (χ1n) is 8.87. The highest BCUT2D eigenvalue weighted by Crippen LogP contribution is 2.56. The molecule has 2 saturated heterocycles. The summed E-state index contributed by atoms with van der Waals surface area (Å²) in [4.78, 5) is 23.9. The van der Waals surface area contributed by atoms with E-state index in [1.54, 1.807) is 7.11 Å². The van der Waals surface area contributed by atoms with Gasteiger partial charge in [0, 0.05) is 17.5 Å². The molecule has 4 bridgehead atoms. The Kier molecular flexibility index (Phi) is 2.98. The smallest absolute Gasteiger partial charge is 0.264 e. The van der Waals surface area contributed by atoms with E-state index in [-0.39, 0.29) is 18.1 Å². The Bertz CT molecular complexity index is 746. The summed E-state index contributed by atoms with van der Waals surface area (Å²) in [5, 5.41) is 1.45. The number of hydrogen-bond acceptors (Lipinski definition) is 4. The SMILES string of the molecule is CCC1=N[C@H]2C[C@@]3(C(=O)N(OC)c4ccccc43)[C@H]3C[C@@H]1[C@H]2CO3. The lowest BCUT2D eigenvalue weighted by Crippen LogP contribution is -2.51. The van der Waals surface area contributed by atoms with Crippen LogP contribution in [0.15, 0.2) is 29.3 Å². The molecule has 6 rings (SSSR count). The van der Waals surface area contributed by atoms with Crippen molar-refractivity contribution in [1.29, 1.82) is 0 Å². The molecule has 24 heavy (non-hydrogen) atoms. The molecule has 5 nitrogen and oxygen atoms in total. The van der Waals surface area contributed by atoms with Gasteiger partial charge in [-0.3, -0.25) is 14.6 Å². The molecule has 5 aliphatic rings. The number of aliphatic imine (C=N–C) groups is 1. The predicted molar refractivity (Wildman–Crippen MR) is 90.1 cm³/mol. The molecule has 5 atom stereocenters. The monoisotopic (exact) mass is 326 g/mol. The van der Waals surface area contributed by atoms with Gasteiger partial charge in [-0.15, -0.1) is 0 Å². The normalized spacial score (nSPS) is 39.3. The van der Waals surface area contributed by atoms with Crippen LogP contribution in [0.3, 0.4) is 0 Å². The second kappa shape index (κ2) is 4.90. The maximum Gasteiger partial charge on any atom is 0.264 e. The zero-order chi connectivity index (χ0) is 16.5.